The molecule has 27 heavy (non-hydrogen) atoms. The predicted octanol–water partition coefficient (Wildman–Crippen LogP) is 4.96. The van der Waals surface area contributed by atoms with Crippen molar-refractivity contribution in [2.24, 2.45) is 5.10 Å². The lowest BCUT2D eigenvalue weighted by Crippen LogP contribution is -2.25. The van der Waals surface area contributed by atoms with Crippen molar-refractivity contribution in [2.45, 2.75) is 26.7 Å². The maximum absolute atomic E-state index is 12.0. The normalized spacial score (nSPS) is 11.1. The number of ether oxygens (including phenoxy) is 2. The van der Waals surface area contributed by atoms with E-state index >= 15 is 0 Å². The summed E-state index contributed by atoms with van der Waals surface area (Å²) < 4.78 is 10.9. The highest BCUT2D eigenvalue weighted by Crippen LogP contribution is 2.31. The van der Waals surface area contributed by atoms with Gasteiger partial charge >= 0.3 is 0 Å². The summed E-state index contributed by atoms with van der Waals surface area (Å²) in [6.07, 6.45) is 1.42. The number of hydrazone groups is 1. The average molecular weight is 409 g/mol. The predicted molar refractivity (Wildman–Crippen MR) is 110 cm³/mol. The molecule has 0 heterocycles. The summed E-state index contributed by atoms with van der Waals surface area (Å²) >= 11 is 12.1. The number of carbonyl (C=O) groups is 1. The van der Waals surface area contributed by atoms with Crippen LogP contribution in [0, 0.1) is 6.92 Å². The summed E-state index contributed by atoms with van der Waals surface area (Å²) in [6, 6.07) is 9.17. The first-order valence-electron chi connectivity index (χ1n) is 8.40. The molecule has 0 saturated carbocycles. The molecule has 7 heteroatoms. The minimum Gasteiger partial charge on any atom is -0.495 e. The van der Waals surface area contributed by atoms with Gasteiger partial charge in [-0.05, 0) is 42.2 Å². The fourth-order valence-electron chi connectivity index (χ4n) is 2.48. The van der Waals surface area contributed by atoms with E-state index in [4.69, 9.17) is 32.7 Å². The van der Waals surface area contributed by atoms with Crippen LogP contribution in [0.2, 0.25) is 10.0 Å². The van der Waals surface area contributed by atoms with Gasteiger partial charge < -0.3 is 9.47 Å². The molecule has 0 aliphatic carbocycles. The molecular weight excluding hydrogens is 387 g/mol. The summed E-state index contributed by atoms with van der Waals surface area (Å²) in [5.41, 5.74) is 5.09. The molecule has 0 aliphatic heterocycles. The molecule has 0 unspecified atom stereocenters. The van der Waals surface area contributed by atoms with Crippen LogP contribution in [0.3, 0.4) is 0 Å². The Kier molecular flexibility index (Phi) is 7.51. The van der Waals surface area contributed by atoms with E-state index in [9.17, 15) is 4.79 Å². The molecule has 2 aromatic carbocycles. The second kappa shape index (κ2) is 9.62. The number of hydrogen-bond donors (Lipinski definition) is 1. The molecule has 0 aromatic heterocycles. The van der Waals surface area contributed by atoms with Crippen molar-refractivity contribution in [3.8, 4) is 11.5 Å². The Balaban J connectivity index is 2.00. The average Bonchev–Trinajstić information content (AvgIpc) is 2.59. The fraction of sp³-hybridized carbons (Fsp3) is 0.300. The van der Waals surface area contributed by atoms with Crippen LogP contribution in [0.4, 0.5) is 0 Å². The molecule has 0 radical (unpaired) electrons. The van der Waals surface area contributed by atoms with Gasteiger partial charge in [0.2, 0.25) is 0 Å². The lowest BCUT2D eigenvalue weighted by atomic mass is 10.0. The zero-order valence-corrected chi connectivity index (χ0v) is 17.2. The highest BCUT2D eigenvalue weighted by molar-refractivity contribution is 6.36. The second-order valence-corrected chi connectivity index (χ2v) is 7.13. The van der Waals surface area contributed by atoms with Gasteiger partial charge in [0.05, 0.1) is 18.3 Å². The molecule has 2 rings (SSSR count). The Morgan fingerprint density at radius 3 is 2.67 bits per heavy atom. The molecule has 5 nitrogen and oxygen atoms in total. The molecule has 0 fully saturated rings. The number of hydrogen-bond acceptors (Lipinski definition) is 4. The second-order valence-electron chi connectivity index (χ2n) is 6.29. The van der Waals surface area contributed by atoms with E-state index in [-0.39, 0.29) is 12.5 Å². The minimum atomic E-state index is -0.380. The van der Waals surface area contributed by atoms with E-state index in [2.05, 4.69) is 24.4 Å². The Labute approximate surface area is 169 Å². The van der Waals surface area contributed by atoms with Gasteiger partial charge in [0.25, 0.3) is 5.91 Å². The third-order valence-electron chi connectivity index (χ3n) is 3.78. The Morgan fingerprint density at radius 1 is 1.26 bits per heavy atom. The van der Waals surface area contributed by atoms with Crippen molar-refractivity contribution in [1.29, 1.82) is 0 Å². The number of rotatable bonds is 7. The molecule has 1 amide bonds. The van der Waals surface area contributed by atoms with Crippen LogP contribution in [0.1, 0.15) is 36.5 Å². The van der Waals surface area contributed by atoms with E-state index in [0.717, 1.165) is 11.1 Å². The third kappa shape index (κ3) is 5.88. The van der Waals surface area contributed by atoms with Gasteiger partial charge in [-0.3, -0.25) is 4.79 Å². The summed E-state index contributed by atoms with van der Waals surface area (Å²) in [5.74, 6) is 1.04. The first kappa shape index (κ1) is 21.1. The maximum Gasteiger partial charge on any atom is 0.277 e. The van der Waals surface area contributed by atoms with E-state index in [0.29, 0.717) is 33.0 Å². The van der Waals surface area contributed by atoms with Gasteiger partial charge in [0.1, 0.15) is 11.5 Å². The van der Waals surface area contributed by atoms with E-state index in [1.54, 1.807) is 12.1 Å². The molecule has 0 aliphatic rings. The van der Waals surface area contributed by atoms with Crippen molar-refractivity contribution >= 4 is 35.3 Å². The molecule has 1 N–H and O–H groups in total. The largest absolute Gasteiger partial charge is 0.495 e. The highest BCUT2D eigenvalue weighted by Gasteiger charge is 2.11. The van der Waals surface area contributed by atoms with Crippen LogP contribution in [0.25, 0.3) is 0 Å². The van der Waals surface area contributed by atoms with Crippen molar-refractivity contribution in [3.63, 3.8) is 0 Å². The molecule has 0 spiro atoms. The number of benzene rings is 2. The quantitative estimate of drug-likeness (QED) is 0.519. The fourth-order valence-corrected chi connectivity index (χ4v) is 3.07. The monoisotopic (exact) mass is 408 g/mol. The molecular formula is C20H22Cl2N2O3. The van der Waals surface area contributed by atoms with Gasteiger partial charge in [-0.15, -0.1) is 0 Å². The summed E-state index contributed by atoms with van der Waals surface area (Å²) in [6.45, 7) is 5.98. The van der Waals surface area contributed by atoms with Crippen molar-refractivity contribution in [2.75, 3.05) is 13.7 Å². The minimum absolute atomic E-state index is 0.145. The van der Waals surface area contributed by atoms with E-state index in [1.165, 1.54) is 13.3 Å². The number of halogens is 2. The van der Waals surface area contributed by atoms with Crippen LogP contribution >= 0.6 is 23.2 Å². The van der Waals surface area contributed by atoms with Gasteiger partial charge in [0.15, 0.2) is 6.61 Å². The molecule has 0 atom stereocenters. The van der Waals surface area contributed by atoms with Crippen molar-refractivity contribution < 1.29 is 14.3 Å². The van der Waals surface area contributed by atoms with Crippen LogP contribution in [0.5, 0.6) is 11.5 Å². The molecule has 0 bridgehead atoms. The lowest BCUT2D eigenvalue weighted by molar-refractivity contribution is -0.123. The number of amides is 1. The molecule has 2 aromatic rings. The van der Waals surface area contributed by atoms with E-state index < -0.39 is 0 Å². The lowest BCUT2D eigenvalue weighted by Gasteiger charge is -2.14. The Bertz CT molecular complexity index is 851. The molecule has 0 saturated heterocycles. The topological polar surface area (TPSA) is 59.9 Å². The summed E-state index contributed by atoms with van der Waals surface area (Å²) in [4.78, 5) is 12.0. The smallest absolute Gasteiger partial charge is 0.277 e. The van der Waals surface area contributed by atoms with Gasteiger partial charge in [-0.25, -0.2) is 5.43 Å². The first-order chi connectivity index (χ1) is 12.8. The zero-order valence-electron chi connectivity index (χ0n) is 15.7. The number of aryl methyl sites for hydroxylation is 1. The highest BCUT2D eigenvalue weighted by atomic mass is 35.5. The third-order valence-corrected chi connectivity index (χ3v) is 4.28. The Hall–Kier alpha value is -2.24. The SMILES string of the molecule is COc1c(Cl)cc(Cl)cc1/C=N\NC(=O)COc1cc(C)ccc1C(C)C. The van der Waals surface area contributed by atoms with Gasteiger partial charge in [0, 0.05) is 10.6 Å². The van der Waals surface area contributed by atoms with Crippen molar-refractivity contribution in [1.82, 2.24) is 5.43 Å². The zero-order chi connectivity index (χ0) is 20.0. The van der Waals surface area contributed by atoms with Crippen LogP contribution < -0.4 is 14.9 Å². The number of nitrogens with one attached hydrogen (secondary N) is 1. The summed E-state index contributed by atoms with van der Waals surface area (Å²) in [7, 11) is 1.49. The number of carbonyl (C=O) groups excluding carboxylic acids is 1. The maximum atomic E-state index is 12.0. The summed E-state index contributed by atoms with van der Waals surface area (Å²) in [5, 5.41) is 4.72. The number of nitrogens with zero attached hydrogens (tertiary/aromatic N) is 1. The van der Waals surface area contributed by atoms with Crippen LogP contribution in [0.15, 0.2) is 35.4 Å². The van der Waals surface area contributed by atoms with E-state index in [1.807, 2.05) is 25.1 Å². The van der Waals surface area contributed by atoms with Gasteiger partial charge in [-0.2, -0.15) is 5.10 Å². The number of methoxy groups -OCH3 is 1. The van der Waals surface area contributed by atoms with Gasteiger partial charge in [-0.1, -0.05) is 49.2 Å². The Morgan fingerprint density at radius 2 is 2.00 bits per heavy atom. The van der Waals surface area contributed by atoms with Crippen molar-refractivity contribution in [3.05, 3.63) is 57.1 Å². The van der Waals surface area contributed by atoms with Crippen LogP contribution in [-0.4, -0.2) is 25.8 Å². The first-order valence-corrected chi connectivity index (χ1v) is 9.15. The standard InChI is InChI=1S/C20H22Cl2N2O3/c1-12(2)16-6-5-13(3)7-18(16)27-11-19(25)24-23-10-14-8-15(21)9-17(22)20(14)26-4/h5-10,12H,11H2,1-4H3,(H,24,25)/b23-10-. The van der Waals surface area contributed by atoms with Crippen LogP contribution in [-0.2, 0) is 4.79 Å². The molecule has 144 valence electrons.